The lowest BCUT2D eigenvalue weighted by atomic mass is 10.0. The van der Waals surface area contributed by atoms with Crippen LogP contribution in [0, 0.1) is 0 Å². The number of unbranched alkanes of at least 4 members (excludes halogenated alkanes) is 41. The van der Waals surface area contributed by atoms with Crippen LogP contribution in [0.15, 0.2) is 24.3 Å². The molecule has 59 heavy (non-hydrogen) atoms. The lowest BCUT2D eigenvalue weighted by Crippen LogP contribution is -2.45. The molecule has 0 spiro atoms. The highest BCUT2D eigenvalue weighted by molar-refractivity contribution is 5.76. The Morgan fingerprint density at radius 1 is 0.390 bits per heavy atom. The molecule has 0 aromatic carbocycles. The molecular formula is C55H107NO3. The number of aliphatic hydroxyl groups is 2. The summed E-state index contributed by atoms with van der Waals surface area (Å²) in [6.45, 7) is 4.34. The molecule has 0 radical (unpaired) electrons. The van der Waals surface area contributed by atoms with Crippen LogP contribution in [0.5, 0.6) is 0 Å². The van der Waals surface area contributed by atoms with E-state index in [9.17, 15) is 15.0 Å². The number of aliphatic hydroxyl groups excluding tert-OH is 2. The second-order valence-electron chi connectivity index (χ2n) is 18.7. The van der Waals surface area contributed by atoms with Gasteiger partial charge in [-0.25, -0.2) is 0 Å². The first-order valence-corrected chi connectivity index (χ1v) is 27.1. The third-order valence-corrected chi connectivity index (χ3v) is 12.7. The number of nitrogens with one attached hydrogen (secondary N) is 1. The number of hydrogen-bond donors (Lipinski definition) is 3. The maximum atomic E-state index is 12.4. The molecule has 4 nitrogen and oxygen atoms in total. The van der Waals surface area contributed by atoms with Gasteiger partial charge in [-0.1, -0.05) is 289 Å². The monoisotopic (exact) mass is 830 g/mol. The minimum atomic E-state index is -0.859. The number of rotatable bonds is 50. The Bertz CT molecular complexity index is 855. The van der Waals surface area contributed by atoms with E-state index >= 15 is 0 Å². The Hall–Kier alpha value is -1.13. The zero-order valence-electron chi connectivity index (χ0n) is 40.3. The van der Waals surface area contributed by atoms with Crippen molar-refractivity contribution in [1.82, 2.24) is 5.32 Å². The summed E-state index contributed by atoms with van der Waals surface area (Å²) in [7, 11) is 0. The van der Waals surface area contributed by atoms with Crippen molar-refractivity contribution in [3.63, 3.8) is 0 Å². The van der Waals surface area contributed by atoms with Crippen LogP contribution in [-0.2, 0) is 4.79 Å². The fourth-order valence-electron chi connectivity index (χ4n) is 8.55. The fraction of sp³-hybridized carbons (Fsp3) is 0.909. The van der Waals surface area contributed by atoms with E-state index in [0.717, 1.165) is 32.1 Å². The van der Waals surface area contributed by atoms with Crippen LogP contribution >= 0.6 is 0 Å². The van der Waals surface area contributed by atoms with Gasteiger partial charge in [0.05, 0.1) is 18.8 Å². The second kappa shape index (κ2) is 51.2. The Kier molecular flexibility index (Phi) is 50.2. The van der Waals surface area contributed by atoms with Gasteiger partial charge in [-0.05, 0) is 32.1 Å². The molecular weight excluding hydrogens is 723 g/mol. The number of amides is 1. The molecule has 0 saturated heterocycles. The molecule has 2 atom stereocenters. The molecule has 0 heterocycles. The molecule has 0 fully saturated rings. The highest BCUT2D eigenvalue weighted by Crippen LogP contribution is 2.17. The van der Waals surface area contributed by atoms with Gasteiger partial charge < -0.3 is 15.5 Å². The van der Waals surface area contributed by atoms with E-state index in [-0.39, 0.29) is 12.5 Å². The normalized spacial score (nSPS) is 12.9. The van der Waals surface area contributed by atoms with Gasteiger partial charge in [-0.15, -0.1) is 0 Å². The van der Waals surface area contributed by atoms with Crippen LogP contribution in [0.1, 0.15) is 303 Å². The van der Waals surface area contributed by atoms with E-state index < -0.39 is 12.1 Å². The minimum absolute atomic E-state index is 0.0674. The molecule has 0 aromatic rings. The summed E-state index contributed by atoms with van der Waals surface area (Å²) < 4.78 is 0. The van der Waals surface area contributed by atoms with Crippen molar-refractivity contribution < 1.29 is 15.0 Å². The molecule has 0 bridgehead atoms. The molecule has 3 N–H and O–H groups in total. The first-order chi connectivity index (χ1) is 29.2. The molecule has 2 unspecified atom stereocenters. The highest BCUT2D eigenvalue weighted by atomic mass is 16.3. The summed E-state index contributed by atoms with van der Waals surface area (Å²) in [4.78, 5) is 12.4. The molecule has 0 saturated carbocycles. The maximum absolute atomic E-state index is 12.4. The highest BCUT2D eigenvalue weighted by Gasteiger charge is 2.18. The lowest BCUT2D eigenvalue weighted by molar-refractivity contribution is -0.123. The van der Waals surface area contributed by atoms with Crippen LogP contribution in [-0.4, -0.2) is 34.9 Å². The average Bonchev–Trinajstić information content (AvgIpc) is 3.24. The summed E-state index contributed by atoms with van der Waals surface area (Å²) in [5, 5.41) is 23.1. The Morgan fingerprint density at radius 3 is 0.983 bits per heavy atom. The van der Waals surface area contributed by atoms with Crippen LogP contribution in [0.25, 0.3) is 0 Å². The van der Waals surface area contributed by atoms with Gasteiger partial charge in [0, 0.05) is 6.42 Å². The molecule has 0 aliphatic heterocycles. The van der Waals surface area contributed by atoms with Crippen molar-refractivity contribution in [1.29, 1.82) is 0 Å². The molecule has 0 aliphatic carbocycles. The smallest absolute Gasteiger partial charge is 0.220 e. The lowest BCUT2D eigenvalue weighted by Gasteiger charge is -2.19. The summed E-state index contributed by atoms with van der Waals surface area (Å²) in [5.41, 5.74) is 0. The van der Waals surface area contributed by atoms with Gasteiger partial charge in [0.1, 0.15) is 0 Å². The van der Waals surface area contributed by atoms with E-state index in [1.165, 1.54) is 250 Å². The molecule has 4 heteroatoms. The van der Waals surface area contributed by atoms with Crippen LogP contribution in [0.2, 0.25) is 0 Å². The third-order valence-electron chi connectivity index (χ3n) is 12.7. The predicted octanol–water partition coefficient (Wildman–Crippen LogP) is 17.5. The SMILES string of the molecule is CCCCCCCCCCCCCCCCCCCCCC/C=C/CC/C=C/C(O)C(CO)NC(=O)CCCCCCCCCCCCCCCCCCCCCCC. The fourth-order valence-corrected chi connectivity index (χ4v) is 8.55. The Labute approximate surface area is 370 Å². The zero-order chi connectivity index (χ0) is 42.8. The van der Waals surface area contributed by atoms with Crippen molar-refractivity contribution in [3.05, 3.63) is 24.3 Å². The summed E-state index contributed by atoms with van der Waals surface area (Å²) in [6.07, 6.45) is 67.6. The molecule has 0 aromatic heterocycles. The summed E-state index contributed by atoms with van der Waals surface area (Å²) in [5.74, 6) is -0.0674. The second-order valence-corrected chi connectivity index (χ2v) is 18.7. The number of allylic oxidation sites excluding steroid dienone is 3. The van der Waals surface area contributed by atoms with Gasteiger partial charge >= 0.3 is 0 Å². The van der Waals surface area contributed by atoms with Crippen molar-refractivity contribution in [2.75, 3.05) is 6.61 Å². The quantitative estimate of drug-likeness (QED) is 0.0422. The minimum Gasteiger partial charge on any atom is -0.394 e. The first kappa shape index (κ1) is 57.9. The van der Waals surface area contributed by atoms with Gasteiger partial charge in [-0.2, -0.15) is 0 Å². The van der Waals surface area contributed by atoms with Crippen LogP contribution < -0.4 is 5.32 Å². The summed E-state index contributed by atoms with van der Waals surface area (Å²) >= 11 is 0. The zero-order valence-corrected chi connectivity index (χ0v) is 40.3. The Morgan fingerprint density at radius 2 is 0.661 bits per heavy atom. The van der Waals surface area contributed by atoms with Crippen molar-refractivity contribution in [2.24, 2.45) is 0 Å². The topological polar surface area (TPSA) is 69.6 Å². The van der Waals surface area contributed by atoms with E-state index in [2.05, 4.69) is 31.3 Å². The number of carbonyl (C=O) groups is 1. The molecule has 350 valence electrons. The summed E-state index contributed by atoms with van der Waals surface area (Å²) in [6, 6.07) is -0.636. The van der Waals surface area contributed by atoms with E-state index in [0.29, 0.717) is 6.42 Å². The van der Waals surface area contributed by atoms with E-state index in [4.69, 9.17) is 0 Å². The van der Waals surface area contributed by atoms with E-state index in [1.54, 1.807) is 6.08 Å². The van der Waals surface area contributed by atoms with Crippen molar-refractivity contribution >= 4 is 5.91 Å². The average molecular weight is 830 g/mol. The molecule has 1 amide bonds. The van der Waals surface area contributed by atoms with Gasteiger partial charge in [0.25, 0.3) is 0 Å². The standard InChI is InChI=1S/C55H107NO3/c1-3-5-7-9-11-13-15-17-19-21-23-25-26-27-28-29-31-32-34-36-38-40-42-44-46-48-50-54(58)53(52-57)56-55(59)51-49-47-45-43-41-39-37-35-33-30-24-22-20-18-16-14-12-10-8-6-4-2/h40,42,48,50,53-54,57-58H,3-39,41,43-47,49,51-52H2,1-2H3,(H,56,59)/b42-40+,50-48+. The van der Waals surface area contributed by atoms with Gasteiger partial charge in [0.2, 0.25) is 5.91 Å². The van der Waals surface area contributed by atoms with Crippen LogP contribution in [0.3, 0.4) is 0 Å². The third kappa shape index (κ3) is 47.8. The van der Waals surface area contributed by atoms with Crippen LogP contribution in [0.4, 0.5) is 0 Å². The largest absolute Gasteiger partial charge is 0.394 e. The maximum Gasteiger partial charge on any atom is 0.220 e. The Balaban J connectivity index is 3.51. The number of carbonyl (C=O) groups excluding carboxylic acids is 1. The first-order valence-electron chi connectivity index (χ1n) is 27.1. The predicted molar refractivity (Wildman–Crippen MR) is 262 cm³/mol. The van der Waals surface area contributed by atoms with Crippen molar-refractivity contribution in [2.45, 2.75) is 315 Å². The van der Waals surface area contributed by atoms with Gasteiger partial charge in [0.15, 0.2) is 0 Å². The van der Waals surface area contributed by atoms with Crippen molar-refractivity contribution in [3.8, 4) is 0 Å². The molecule has 0 aliphatic rings. The van der Waals surface area contributed by atoms with Gasteiger partial charge in [-0.3, -0.25) is 4.79 Å². The van der Waals surface area contributed by atoms with E-state index in [1.807, 2.05) is 6.08 Å². The molecule has 0 rings (SSSR count). The number of hydrogen-bond acceptors (Lipinski definition) is 3.